The number of carbonyl (C=O) groups is 1. The van der Waals surface area contributed by atoms with Crippen molar-refractivity contribution in [1.82, 2.24) is 4.98 Å². The van der Waals surface area contributed by atoms with E-state index < -0.39 is 5.97 Å². The molecule has 3 nitrogen and oxygen atoms in total. The molecule has 0 unspecified atom stereocenters. The van der Waals surface area contributed by atoms with Gasteiger partial charge in [-0.2, -0.15) is 0 Å². The van der Waals surface area contributed by atoms with Crippen LogP contribution in [-0.2, 0) is 4.79 Å². The summed E-state index contributed by atoms with van der Waals surface area (Å²) in [5.41, 5.74) is 1.30. The first-order chi connectivity index (χ1) is 6.09. The summed E-state index contributed by atoms with van der Waals surface area (Å²) < 4.78 is 0.697. The summed E-state index contributed by atoms with van der Waals surface area (Å²) in [6.45, 7) is 1.71. The highest BCUT2D eigenvalue weighted by atomic mass is 79.9. The van der Waals surface area contributed by atoms with Crippen LogP contribution in [0.5, 0.6) is 0 Å². The average Bonchev–Trinajstić information content (AvgIpc) is 2.03. The Kier molecular flexibility index (Phi) is 3.19. The van der Waals surface area contributed by atoms with Gasteiger partial charge in [-0.25, -0.2) is 9.78 Å². The third kappa shape index (κ3) is 2.99. The highest BCUT2D eigenvalue weighted by molar-refractivity contribution is 9.10. The smallest absolute Gasteiger partial charge is 0.328 e. The maximum Gasteiger partial charge on any atom is 0.328 e. The van der Waals surface area contributed by atoms with E-state index in [0.29, 0.717) is 15.9 Å². The van der Waals surface area contributed by atoms with Crippen LogP contribution in [0.4, 0.5) is 0 Å². The lowest BCUT2D eigenvalue weighted by Crippen LogP contribution is -1.92. The fourth-order valence-electron chi connectivity index (χ4n) is 0.887. The van der Waals surface area contributed by atoms with Crippen molar-refractivity contribution in [3.63, 3.8) is 0 Å². The summed E-state index contributed by atoms with van der Waals surface area (Å²) >= 11 is 3.21. The molecule has 0 amide bonds. The molecule has 0 spiro atoms. The number of nitrogens with zero attached hydrogens (tertiary/aromatic N) is 1. The number of allylic oxidation sites excluding steroid dienone is 1. The number of carboxylic acid groups (broad SMARTS) is 1. The fraction of sp³-hybridized carbons (Fsp3) is 0.111. The lowest BCUT2D eigenvalue weighted by Gasteiger charge is -1.98. The molecule has 1 rings (SSSR count). The van der Waals surface area contributed by atoms with Crippen molar-refractivity contribution < 1.29 is 9.90 Å². The summed E-state index contributed by atoms with van der Waals surface area (Å²) in [7, 11) is 0. The van der Waals surface area contributed by atoms with Crippen LogP contribution >= 0.6 is 15.9 Å². The fourth-order valence-corrected chi connectivity index (χ4v) is 1.23. The molecular weight excluding hydrogens is 234 g/mol. The zero-order chi connectivity index (χ0) is 9.84. The summed E-state index contributed by atoms with van der Waals surface area (Å²) in [5, 5.41) is 8.50. The molecule has 0 aliphatic rings. The highest BCUT2D eigenvalue weighted by Gasteiger charge is 1.99. The lowest BCUT2D eigenvalue weighted by atomic mass is 10.2. The van der Waals surface area contributed by atoms with Crippen LogP contribution < -0.4 is 0 Å². The largest absolute Gasteiger partial charge is 0.478 e. The number of hydrogen-bond donors (Lipinski definition) is 1. The van der Waals surface area contributed by atoms with Gasteiger partial charge in [0.1, 0.15) is 4.60 Å². The number of halogens is 1. The first-order valence-electron chi connectivity index (χ1n) is 3.64. The Morgan fingerprint density at radius 3 is 2.85 bits per heavy atom. The van der Waals surface area contributed by atoms with Gasteiger partial charge in [-0.05, 0) is 40.6 Å². The second kappa shape index (κ2) is 4.18. The summed E-state index contributed by atoms with van der Waals surface area (Å²) in [5.74, 6) is -0.959. The van der Waals surface area contributed by atoms with E-state index >= 15 is 0 Å². The Balaban J connectivity index is 3.02. The molecule has 68 valence electrons. The number of carboxylic acids is 1. The molecule has 0 radical (unpaired) electrons. The highest BCUT2D eigenvalue weighted by Crippen LogP contribution is 2.13. The molecule has 0 aliphatic heterocycles. The minimum absolute atomic E-state index is 0.633. The molecule has 1 N–H and O–H groups in total. The standard InChI is InChI=1S/C9H8BrNO2/c1-6(5-9(12)13)7-3-2-4-8(10)11-7/h2-5H,1H3,(H,12,13)/b6-5-. The van der Waals surface area contributed by atoms with Crippen LogP contribution in [0.1, 0.15) is 12.6 Å². The SMILES string of the molecule is C/C(=C/C(=O)O)c1cccc(Br)n1. The normalized spacial score (nSPS) is 11.4. The van der Waals surface area contributed by atoms with E-state index in [1.165, 1.54) is 0 Å². The Morgan fingerprint density at radius 1 is 1.62 bits per heavy atom. The van der Waals surface area contributed by atoms with Gasteiger partial charge in [-0.1, -0.05) is 6.07 Å². The molecule has 0 aliphatic carbocycles. The topological polar surface area (TPSA) is 50.2 Å². The van der Waals surface area contributed by atoms with Crippen molar-refractivity contribution in [3.8, 4) is 0 Å². The maximum atomic E-state index is 10.4. The Hall–Kier alpha value is -1.16. The molecule has 0 fully saturated rings. The third-order valence-corrected chi connectivity index (χ3v) is 1.90. The predicted octanol–water partition coefficient (Wildman–Crippen LogP) is 2.33. The van der Waals surface area contributed by atoms with E-state index in [1.807, 2.05) is 6.07 Å². The maximum absolute atomic E-state index is 10.4. The van der Waals surface area contributed by atoms with Gasteiger partial charge < -0.3 is 5.11 Å². The van der Waals surface area contributed by atoms with Crippen molar-refractivity contribution in [2.75, 3.05) is 0 Å². The van der Waals surface area contributed by atoms with Crippen molar-refractivity contribution in [2.24, 2.45) is 0 Å². The van der Waals surface area contributed by atoms with Crippen molar-refractivity contribution >= 4 is 27.5 Å². The number of aromatic nitrogens is 1. The van der Waals surface area contributed by atoms with Gasteiger partial charge in [0.2, 0.25) is 0 Å². The molecule has 1 aromatic rings. The van der Waals surface area contributed by atoms with E-state index in [9.17, 15) is 4.79 Å². The van der Waals surface area contributed by atoms with E-state index in [2.05, 4.69) is 20.9 Å². The van der Waals surface area contributed by atoms with Gasteiger partial charge in [0, 0.05) is 6.08 Å². The number of pyridine rings is 1. The van der Waals surface area contributed by atoms with Crippen LogP contribution in [-0.4, -0.2) is 16.1 Å². The molecule has 0 saturated heterocycles. The summed E-state index contributed by atoms with van der Waals surface area (Å²) in [6, 6.07) is 5.36. The first kappa shape index (κ1) is 9.92. The van der Waals surface area contributed by atoms with Crippen molar-refractivity contribution in [1.29, 1.82) is 0 Å². The van der Waals surface area contributed by atoms with Gasteiger partial charge in [0.25, 0.3) is 0 Å². The molecule has 0 bridgehead atoms. The second-order valence-corrected chi connectivity index (χ2v) is 3.32. The van der Waals surface area contributed by atoms with Crippen LogP contribution in [0, 0.1) is 0 Å². The molecule has 0 atom stereocenters. The van der Waals surface area contributed by atoms with Gasteiger partial charge >= 0.3 is 5.97 Å². The lowest BCUT2D eigenvalue weighted by molar-refractivity contribution is -0.131. The van der Waals surface area contributed by atoms with E-state index in [4.69, 9.17) is 5.11 Å². The third-order valence-electron chi connectivity index (χ3n) is 1.46. The van der Waals surface area contributed by atoms with Gasteiger partial charge in [-0.15, -0.1) is 0 Å². The molecule has 1 heterocycles. The van der Waals surface area contributed by atoms with E-state index in [1.54, 1.807) is 19.1 Å². The van der Waals surface area contributed by atoms with Crippen molar-refractivity contribution in [3.05, 3.63) is 34.6 Å². The van der Waals surface area contributed by atoms with Gasteiger partial charge in [-0.3, -0.25) is 0 Å². The molecule has 13 heavy (non-hydrogen) atoms. The van der Waals surface area contributed by atoms with E-state index in [-0.39, 0.29) is 0 Å². The minimum Gasteiger partial charge on any atom is -0.478 e. The predicted molar refractivity (Wildman–Crippen MR) is 53.2 cm³/mol. The molecule has 0 aromatic carbocycles. The Bertz CT molecular complexity index is 360. The Labute approximate surface area is 84.2 Å². The second-order valence-electron chi connectivity index (χ2n) is 2.51. The van der Waals surface area contributed by atoms with Crippen LogP contribution in [0.2, 0.25) is 0 Å². The van der Waals surface area contributed by atoms with E-state index in [0.717, 1.165) is 6.08 Å². The molecule has 4 heteroatoms. The van der Waals surface area contributed by atoms with Gasteiger partial charge in [0.15, 0.2) is 0 Å². The zero-order valence-corrected chi connectivity index (χ0v) is 8.58. The van der Waals surface area contributed by atoms with Crippen LogP contribution in [0.15, 0.2) is 28.9 Å². The first-order valence-corrected chi connectivity index (χ1v) is 4.43. The van der Waals surface area contributed by atoms with Crippen LogP contribution in [0.25, 0.3) is 5.57 Å². The molecule has 1 aromatic heterocycles. The van der Waals surface area contributed by atoms with Crippen LogP contribution in [0.3, 0.4) is 0 Å². The number of hydrogen-bond acceptors (Lipinski definition) is 2. The molecule has 0 saturated carbocycles. The average molecular weight is 242 g/mol. The van der Waals surface area contributed by atoms with Gasteiger partial charge in [0.05, 0.1) is 5.69 Å². The monoisotopic (exact) mass is 241 g/mol. The zero-order valence-electron chi connectivity index (χ0n) is 6.99. The molecular formula is C9H8BrNO2. The summed E-state index contributed by atoms with van der Waals surface area (Å²) in [6.07, 6.45) is 1.13. The quantitative estimate of drug-likeness (QED) is 0.639. The summed E-state index contributed by atoms with van der Waals surface area (Å²) in [4.78, 5) is 14.5. The minimum atomic E-state index is -0.959. The number of aliphatic carboxylic acids is 1. The Morgan fingerprint density at radius 2 is 2.31 bits per heavy atom. The van der Waals surface area contributed by atoms with Crippen molar-refractivity contribution in [2.45, 2.75) is 6.92 Å². The number of rotatable bonds is 2.